The van der Waals surface area contributed by atoms with Crippen LogP contribution in [0.3, 0.4) is 0 Å². The van der Waals surface area contributed by atoms with Gasteiger partial charge in [0.25, 0.3) is 0 Å². The number of rotatable bonds is 4. The summed E-state index contributed by atoms with van der Waals surface area (Å²) in [5.74, 6) is 0.122. The van der Waals surface area contributed by atoms with E-state index < -0.39 is 0 Å². The Morgan fingerprint density at radius 2 is 2.00 bits per heavy atom. The maximum absolute atomic E-state index is 9.11. The fourth-order valence-electron chi connectivity index (χ4n) is 2.67. The molecule has 0 bridgehead atoms. The summed E-state index contributed by atoms with van der Waals surface area (Å²) in [6.45, 7) is 2.20. The Kier molecular flexibility index (Phi) is 3.49. The number of aromatic amines is 1. The first-order chi connectivity index (χ1) is 9.33. The van der Waals surface area contributed by atoms with Crippen molar-refractivity contribution in [1.29, 1.82) is 0 Å². The van der Waals surface area contributed by atoms with Crippen molar-refractivity contribution in [3.05, 3.63) is 42.0 Å². The summed E-state index contributed by atoms with van der Waals surface area (Å²) in [4.78, 5) is 4.61. The maximum Gasteiger partial charge on any atom is 0.0932 e. The van der Waals surface area contributed by atoms with Crippen molar-refractivity contribution in [3.8, 4) is 0 Å². The van der Waals surface area contributed by atoms with Gasteiger partial charge in [-0.05, 0) is 30.2 Å². The Bertz CT molecular complexity index is 717. The van der Waals surface area contributed by atoms with Gasteiger partial charge in [-0.1, -0.05) is 43.3 Å². The minimum absolute atomic E-state index is 0.122. The number of aromatic nitrogens is 1. The molecule has 0 aliphatic rings. The second kappa shape index (κ2) is 5.27. The second-order valence-electron chi connectivity index (χ2n) is 4.70. The van der Waals surface area contributed by atoms with Crippen LogP contribution < -0.4 is 0 Å². The van der Waals surface area contributed by atoms with Crippen LogP contribution in [0.25, 0.3) is 21.8 Å². The molecule has 3 heteroatoms. The van der Waals surface area contributed by atoms with Crippen LogP contribution in [0.5, 0.6) is 0 Å². The molecule has 0 saturated carbocycles. The van der Waals surface area contributed by atoms with E-state index in [0.717, 1.165) is 17.7 Å². The van der Waals surface area contributed by atoms with Crippen molar-refractivity contribution in [2.24, 2.45) is 0 Å². The molecule has 0 radical (unpaired) electrons. The monoisotopic (exact) mass is 271 g/mol. The van der Waals surface area contributed by atoms with E-state index in [-0.39, 0.29) is 5.94 Å². The third kappa shape index (κ3) is 2.24. The highest BCUT2D eigenvalue weighted by atomic mass is 32.2. The van der Waals surface area contributed by atoms with Crippen LogP contribution in [-0.2, 0) is 6.42 Å². The van der Waals surface area contributed by atoms with E-state index in [9.17, 15) is 0 Å². The molecule has 19 heavy (non-hydrogen) atoms. The van der Waals surface area contributed by atoms with Gasteiger partial charge in [-0.3, -0.25) is 0 Å². The van der Waals surface area contributed by atoms with E-state index in [1.54, 1.807) is 0 Å². The molecule has 0 atom stereocenters. The highest BCUT2D eigenvalue weighted by Gasteiger charge is 2.10. The first-order valence-corrected chi connectivity index (χ1v) is 7.59. The van der Waals surface area contributed by atoms with E-state index >= 15 is 0 Å². The standard InChI is InChI=1S/C16H17NOS/c1-2-5-11-8-12(19-10-18)9-15-16(11)13-6-3-4-7-14(13)17-15/h3-4,6-9,17-18H,2,5,10H2,1H3. The molecule has 98 valence electrons. The number of benzene rings is 2. The third-order valence-corrected chi connectivity index (χ3v) is 4.11. The molecule has 3 rings (SSSR count). The Balaban J connectivity index is 2.31. The Morgan fingerprint density at radius 3 is 2.79 bits per heavy atom. The lowest BCUT2D eigenvalue weighted by Crippen LogP contribution is -1.87. The summed E-state index contributed by atoms with van der Waals surface area (Å²) in [5, 5.41) is 11.7. The van der Waals surface area contributed by atoms with Gasteiger partial charge in [-0.2, -0.15) is 0 Å². The summed E-state index contributed by atoms with van der Waals surface area (Å²) < 4.78 is 0. The molecule has 0 saturated heterocycles. The number of para-hydroxylation sites is 1. The van der Waals surface area contributed by atoms with Crippen molar-refractivity contribution in [2.45, 2.75) is 24.7 Å². The number of hydrogen-bond acceptors (Lipinski definition) is 2. The normalized spacial score (nSPS) is 11.5. The van der Waals surface area contributed by atoms with E-state index in [1.165, 1.54) is 39.1 Å². The number of aliphatic hydroxyl groups is 1. The van der Waals surface area contributed by atoms with Gasteiger partial charge in [0.1, 0.15) is 0 Å². The van der Waals surface area contributed by atoms with Crippen LogP contribution in [0.4, 0.5) is 0 Å². The average Bonchev–Trinajstić information content (AvgIpc) is 2.77. The van der Waals surface area contributed by atoms with Crippen LogP contribution >= 0.6 is 11.8 Å². The topological polar surface area (TPSA) is 36.0 Å². The number of nitrogens with one attached hydrogen (secondary N) is 1. The Labute approximate surface area is 116 Å². The number of thioether (sulfide) groups is 1. The SMILES string of the molecule is CCCc1cc(SCO)cc2[nH]c3ccccc3c12. The molecule has 1 aromatic heterocycles. The molecule has 0 aliphatic carbocycles. The number of fused-ring (bicyclic) bond motifs is 3. The predicted octanol–water partition coefficient (Wildman–Crippen LogP) is 4.32. The Hall–Kier alpha value is -1.45. The van der Waals surface area contributed by atoms with E-state index in [2.05, 4.69) is 48.3 Å². The zero-order chi connectivity index (χ0) is 13.2. The van der Waals surface area contributed by atoms with Crippen molar-refractivity contribution >= 4 is 33.6 Å². The van der Waals surface area contributed by atoms with Gasteiger partial charge in [0, 0.05) is 26.7 Å². The van der Waals surface area contributed by atoms with Gasteiger partial charge in [-0.25, -0.2) is 0 Å². The zero-order valence-corrected chi connectivity index (χ0v) is 11.8. The van der Waals surface area contributed by atoms with Gasteiger partial charge < -0.3 is 10.1 Å². The van der Waals surface area contributed by atoms with Crippen molar-refractivity contribution in [3.63, 3.8) is 0 Å². The van der Waals surface area contributed by atoms with Gasteiger partial charge in [0.2, 0.25) is 0 Å². The van der Waals surface area contributed by atoms with E-state index in [0.29, 0.717) is 0 Å². The van der Waals surface area contributed by atoms with Crippen LogP contribution in [0, 0.1) is 0 Å². The minimum atomic E-state index is 0.122. The second-order valence-corrected chi connectivity index (χ2v) is 5.72. The molecular weight excluding hydrogens is 254 g/mol. The molecular formula is C16H17NOS. The lowest BCUT2D eigenvalue weighted by molar-refractivity contribution is 0.375. The average molecular weight is 271 g/mol. The van der Waals surface area contributed by atoms with Crippen LogP contribution in [0.15, 0.2) is 41.3 Å². The predicted molar refractivity (Wildman–Crippen MR) is 82.7 cm³/mol. The molecule has 0 amide bonds. The van der Waals surface area contributed by atoms with E-state index in [4.69, 9.17) is 5.11 Å². The van der Waals surface area contributed by atoms with Gasteiger partial charge in [-0.15, -0.1) is 0 Å². The van der Waals surface area contributed by atoms with Crippen LogP contribution in [0.2, 0.25) is 0 Å². The fourth-order valence-corrected chi connectivity index (χ4v) is 3.25. The fraction of sp³-hybridized carbons (Fsp3) is 0.250. The Morgan fingerprint density at radius 1 is 1.16 bits per heavy atom. The first kappa shape index (κ1) is 12.6. The third-order valence-electron chi connectivity index (χ3n) is 3.41. The summed E-state index contributed by atoms with van der Waals surface area (Å²) in [5.41, 5.74) is 3.72. The lowest BCUT2D eigenvalue weighted by atomic mass is 10.0. The molecule has 1 heterocycles. The first-order valence-electron chi connectivity index (χ1n) is 6.60. The highest BCUT2D eigenvalue weighted by molar-refractivity contribution is 7.99. The maximum atomic E-state index is 9.11. The quantitative estimate of drug-likeness (QED) is 0.548. The smallest absolute Gasteiger partial charge is 0.0932 e. The molecule has 0 unspecified atom stereocenters. The molecule has 0 fully saturated rings. The zero-order valence-electron chi connectivity index (χ0n) is 10.9. The molecule has 2 N–H and O–H groups in total. The van der Waals surface area contributed by atoms with Gasteiger partial charge >= 0.3 is 0 Å². The van der Waals surface area contributed by atoms with Gasteiger partial charge in [0.05, 0.1) is 5.94 Å². The molecule has 2 aromatic carbocycles. The number of H-pyrrole nitrogens is 1. The van der Waals surface area contributed by atoms with Crippen LogP contribution in [-0.4, -0.2) is 16.0 Å². The highest BCUT2D eigenvalue weighted by Crippen LogP contribution is 2.33. The van der Waals surface area contributed by atoms with Gasteiger partial charge in [0.15, 0.2) is 0 Å². The van der Waals surface area contributed by atoms with E-state index in [1.807, 2.05) is 0 Å². The summed E-state index contributed by atoms with van der Waals surface area (Å²) >= 11 is 1.48. The number of hydrogen-bond donors (Lipinski definition) is 2. The van der Waals surface area contributed by atoms with Crippen molar-refractivity contribution < 1.29 is 5.11 Å². The summed E-state index contributed by atoms with van der Waals surface area (Å²) in [6.07, 6.45) is 2.19. The lowest BCUT2D eigenvalue weighted by Gasteiger charge is -2.06. The number of aryl methyl sites for hydroxylation is 1. The largest absolute Gasteiger partial charge is 0.385 e. The summed E-state index contributed by atoms with van der Waals surface area (Å²) in [6, 6.07) is 12.8. The molecule has 0 aliphatic heterocycles. The number of aliphatic hydroxyl groups excluding tert-OH is 1. The summed E-state index contributed by atoms with van der Waals surface area (Å²) in [7, 11) is 0. The minimum Gasteiger partial charge on any atom is -0.385 e. The molecule has 2 nitrogen and oxygen atoms in total. The van der Waals surface area contributed by atoms with Crippen molar-refractivity contribution in [1.82, 2.24) is 4.98 Å². The van der Waals surface area contributed by atoms with Crippen molar-refractivity contribution in [2.75, 3.05) is 5.94 Å². The molecule has 0 spiro atoms. The molecule has 3 aromatic rings. The van der Waals surface area contributed by atoms with Crippen LogP contribution in [0.1, 0.15) is 18.9 Å².